The quantitative estimate of drug-likeness (QED) is 0.738. The summed E-state index contributed by atoms with van der Waals surface area (Å²) in [4.78, 5) is 17.3. The standard InChI is InChI=1S/C18H18ClN5O2/c19-12-1-3-14(4-2-12)24-16-11-20-8-5-15(16)17(22-24)23-9-6-13(7-10-23)21-18(25)26/h1-5,8,11,13,21H,6-7,9-10H2,(H,25,26). The minimum absolute atomic E-state index is 0.00460. The summed E-state index contributed by atoms with van der Waals surface area (Å²) in [6.45, 7) is 1.50. The fourth-order valence-electron chi connectivity index (χ4n) is 3.37. The van der Waals surface area contributed by atoms with Crippen LogP contribution in [0, 0.1) is 0 Å². The molecule has 2 aromatic heterocycles. The van der Waals surface area contributed by atoms with Crippen LogP contribution < -0.4 is 10.2 Å². The number of benzene rings is 1. The molecule has 0 atom stereocenters. The van der Waals surface area contributed by atoms with E-state index in [9.17, 15) is 4.79 Å². The van der Waals surface area contributed by atoms with Crippen LogP contribution in [-0.2, 0) is 0 Å². The fraction of sp³-hybridized carbons (Fsp3) is 0.278. The summed E-state index contributed by atoms with van der Waals surface area (Å²) in [5.74, 6) is 0.895. The van der Waals surface area contributed by atoms with Crippen LogP contribution in [0.5, 0.6) is 0 Å². The van der Waals surface area contributed by atoms with Crippen LogP contribution in [0.15, 0.2) is 42.7 Å². The third-order valence-corrected chi connectivity index (χ3v) is 4.91. The molecule has 0 bridgehead atoms. The number of nitrogens with zero attached hydrogens (tertiary/aromatic N) is 4. The number of hydrogen-bond donors (Lipinski definition) is 2. The van der Waals surface area contributed by atoms with E-state index in [0.29, 0.717) is 5.02 Å². The normalized spacial score (nSPS) is 15.3. The molecule has 0 radical (unpaired) electrons. The first kappa shape index (κ1) is 16.7. The number of nitrogens with one attached hydrogen (secondary N) is 1. The lowest BCUT2D eigenvalue weighted by atomic mass is 10.1. The second-order valence-electron chi connectivity index (χ2n) is 6.32. The molecule has 3 heterocycles. The second-order valence-corrected chi connectivity index (χ2v) is 6.75. The van der Waals surface area contributed by atoms with Gasteiger partial charge in [0.15, 0.2) is 5.82 Å². The Hall–Kier alpha value is -2.80. The summed E-state index contributed by atoms with van der Waals surface area (Å²) in [6, 6.07) is 9.48. The predicted octanol–water partition coefficient (Wildman–Crippen LogP) is 3.31. The lowest BCUT2D eigenvalue weighted by Gasteiger charge is -2.32. The Bertz CT molecular complexity index is 932. The zero-order chi connectivity index (χ0) is 18.1. The van der Waals surface area contributed by atoms with Crippen molar-refractivity contribution in [3.63, 3.8) is 0 Å². The number of rotatable bonds is 3. The van der Waals surface area contributed by atoms with E-state index >= 15 is 0 Å². The molecule has 1 fully saturated rings. The van der Waals surface area contributed by atoms with Crippen LogP contribution in [0.2, 0.25) is 5.02 Å². The number of fused-ring (bicyclic) bond motifs is 1. The van der Waals surface area contributed by atoms with E-state index in [1.165, 1.54) is 0 Å². The Balaban J connectivity index is 1.66. The average molecular weight is 372 g/mol. The summed E-state index contributed by atoms with van der Waals surface area (Å²) in [5.41, 5.74) is 1.84. The molecule has 1 saturated heterocycles. The number of piperidine rings is 1. The van der Waals surface area contributed by atoms with Crippen molar-refractivity contribution in [3.8, 4) is 5.69 Å². The Kier molecular flexibility index (Phi) is 4.38. The van der Waals surface area contributed by atoms with Gasteiger partial charge in [-0.25, -0.2) is 9.48 Å². The molecule has 8 heteroatoms. The largest absolute Gasteiger partial charge is 0.465 e. The molecule has 26 heavy (non-hydrogen) atoms. The summed E-state index contributed by atoms with van der Waals surface area (Å²) in [5, 5.41) is 18.0. The van der Waals surface area contributed by atoms with Crippen LogP contribution in [0.25, 0.3) is 16.6 Å². The lowest BCUT2D eigenvalue weighted by Crippen LogP contribution is -2.44. The van der Waals surface area contributed by atoms with Crippen LogP contribution in [0.4, 0.5) is 10.6 Å². The van der Waals surface area contributed by atoms with Gasteiger partial charge >= 0.3 is 6.09 Å². The van der Waals surface area contributed by atoms with Crippen molar-refractivity contribution in [2.45, 2.75) is 18.9 Å². The van der Waals surface area contributed by atoms with Gasteiger partial charge < -0.3 is 15.3 Å². The number of hydrogen-bond acceptors (Lipinski definition) is 4. The Morgan fingerprint density at radius 3 is 2.62 bits per heavy atom. The molecule has 1 aliphatic heterocycles. The Labute approximate surface area is 155 Å². The first-order valence-corrected chi connectivity index (χ1v) is 8.83. The molecule has 0 unspecified atom stereocenters. The van der Waals surface area contributed by atoms with E-state index in [0.717, 1.165) is 48.3 Å². The van der Waals surface area contributed by atoms with Gasteiger partial charge in [0.1, 0.15) is 0 Å². The zero-order valence-electron chi connectivity index (χ0n) is 14.0. The van der Waals surface area contributed by atoms with Crippen molar-refractivity contribution in [3.05, 3.63) is 47.7 Å². The summed E-state index contributed by atoms with van der Waals surface area (Å²) < 4.78 is 1.87. The van der Waals surface area contributed by atoms with E-state index in [4.69, 9.17) is 21.8 Å². The highest BCUT2D eigenvalue weighted by molar-refractivity contribution is 6.30. The molecule has 134 valence electrons. The number of pyridine rings is 1. The van der Waals surface area contributed by atoms with Crippen molar-refractivity contribution in [1.29, 1.82) is 0 Å². The molecule has 1 aliphatic rings. The van der Waals surface area contributed by atoms with Crippen molar-refractivity contribution in [2.24, 2.45) is 0 Å². The maximum Gasteiger partial charge on any atom is 0.404 e. The fourth-order valence-corrected chi connectivity index (χ4v) is 3.50. The van der Waals surface area contributed by atoms with Crippen LogP contribution >= 0.6 is 11.6 Å². The highest BCUT2D eigenvalue weighted by Crippen LogP contribution is 2.30. The number of anilines is 1. The molecule has 1 amide bonds. The first-order valence-electron chi connectivity index (χ1n) is 8.45. The maximum absolute atomic E-state index is 10.8. The van der Waals surface area contributed by atoms with Crippen molar-refractivity contribution < 1.29 is 9.90 Å². The molecular weight excluding hydrogens is 354 g/mol. The lowest BCUT2D eigenvalue weighted by molar-refractivity contribution is 0.187. The third kappa shape index (κ3) is 3.17. The number of carboxylic acid groups (broad SMARTS) is 1. The highest BCUT2D eigenvalue weighted by Gasteiger charge is 2.24. The number of halogens is 1. The topological polar surface area (TPSA) is 83.3 Å². The van der Waals surface area contributed by atoms with Crippen LogP contribution in [-0.4, -0.2) is 45.1 Å². The molecule has 0 spiro atoms. The molecule has 0 aliphatic carbocycles. The van der Waals surface area contributed by atoms with E-state index < -0.39 is 6.09 Å². The summed E-state index contributed by atoms with van der Waals surface area (Å²) >= 11 is 6.00. The molecule has 1 aromatic carbocycles. The van der Waals surface area contributed by atoms with Crippen molar-refractivity contribution in [2.75, 3.05) is 18.0 Å². The monoisotopic (exact) mass is 371 g/mol. The Morgan fingerprint density at radius 2 is 1.92 bits per heavy atom. The SMILES string of the molecule is O=C(O)NC1CCN(c2nn(-c3ccc(Cl)cc3)c3cnccc23)CC1. The molecule has 0 saturated carbocycles. The molecule has 3 aromatic rings. The predicted molar refractivity (Wildman–Crippen MR) is 100 cm³/mol. The van der Waals surface area contributed by atoms with Gasteiger partial charge in [-0.2, -0.15) is 0 Å². The van der Waals surface area contributed by atoms with E-state index in [1.54, 1.807) is 12.4 Å². The van der Waals surface area contributed by atoms with Gasteiger partial charge in [-0.05, 0) is 43.2 Å². The molecule has 4 rings (SSSR count). The summed E-state index contributed by atoms with van der Waals surface area (Å²) in [6.07, 6.45) is 4.11. The van der Waals surface area contributed by atoms with E-state index in [-0.39, 0.29) is 6.04 Å². The molecule has 7 nitrogen and oxygen atoms in total. The van der Waals surface area contributed by atoms with Gasteiger partial charge in [0.2, 0.25) is 0 Å². The highest BCUT2D eigenvalue weighted by atomic mass is 35.5. The minimum Gasteiger partial charge on any atom is -0.465 e. The number of carbonyl (C=O) groups is 1. The van der Waals surface area contributed by atoms with E-state index in [1.807, 2.05) is 35.0 Å². The minimum atomic E-state index is -0.966. The van der Waals surface area contributed by atoms with E-state index in [2.05, 4.69) is 15.2 Å². The van der Waals surface area contributed by atoms with Gasteiger partial charge in [-0.3, -0.25) is 4.98 Å². The maximum atomic E-state index is 10.8. The second kappa shape index (κ2) is 6.84. The van der Waals surface area contributed by atoms with Crippen LogP contribution in [0.3, 0.4) is 0 Å². The average Bonchev–Trinajstić information content (AvgIpc) is 3.02. The smallest absolute Gasteiger partial charge is 0.404 e. The number of aromatic nitrogens is 3. The number of amides is 1. The third-order valence-electron chi connectivity index (χ3n) is 4.66. The molecular formula is C18H18ClN5O2. The van der Waals surface area contributed by atoms with Gasteiger partial charge in [0.25, 0.3) is 0 Å². The van der Waals surface area contributed by atoms with Crippen LogP contribution in [0.1, 0.15) is 12.8 Å². The van der Waals surface area contributed by atoms with Gasteiger partial charge in [-0.15, -0.1) is 5.10 Å². The molecule has 2 N–H and O–H groups in total. The summed E-state index contributed by atoms with van der Waals surface area (Å²) in [7, 11) is 0. The zero-order valence-corrected chi connectivity index (χ0v) is 14.7. The van der Waals surface area contributed by atoms with Crippen molar-refractivity contribution in [1.82, 2.24) is 20.1 Å². The Morgan fingerprint density at radius 1 is 1.19 bits per heavy atom. The first-order chi connectivity index (χ1) is 12.6. The van der Waals surface area contributed by atoms with Gasteiger partial charge in [0, 0.05) is 35.7 Å². The van der Waals surface area contributed by atoms with Gasteiger partial charge in [0.05, 0.1) is 17.4 Å². The van der Waals surface area contributed by atoms with Gasteiger partial charge in [-0.1, -0.05) is 11.6 Å². The van der Waals surface area contributed by atoms with Crippen molar-refractivity contribution >= 4 is 34.4 Å².